The molecule has 1 N–H and O–H groups in total. The molecule has 1 fully saturated rings. The second-order valence-electron chi connectivity index (χ2n) is 4.94. The van der Waals surface area contributed by atoms with Crippen molar-refractivity contribution >= 4 is 21.6 Å². The van der Waals surface area contributed by atoms with Crippen LogP contribution >= 0.6 is 11.8 Å². The van der Waals surface area contributed by atoms with E-state index in [4.69, 9.17) is 0 Å². The molecule has 1 heterocycles. The molecule has 0 radical (unpaired) electrons. The van der Waals surface area contributed by atoms with Gasteiger partial charge in [0.25, 0.3) is 0 Å². The molecule has 3 nitrogen and oxygen atoms in total. The topological polar surface area (TPSA) is 46.2 Å². The highest BCUT2D eigenvalue weighted by Gasteiger charge is 2.17. The lowest BCUT2D eigenvalue weighted by Crippen LogP contribution is -2.25. The zero-order valence-corrected chi connectivity index (χ0v) is 12.4. The van der Waals surface area contributed by atoms with Crippen LogP contribution in [0.4, 0.5) is 0 Å². The molecule has 1 aromatic carbocycles. The first-order valence-corrected chi connectivity index (χ1v) is 9.12. The summed E-state index contributed by atoms with van der Waals surface area (Å²) in [5.74, 6) is 2.92. The SMILES string of the molecule is CC1CNC(c2ccc(S(C)(=O)=O)cc2)CSC1. The largest absolute Gasteiger partial charge is 0.309 e. The van der Waals surface area contributed by atoms with Gasteiger partial charge in [0.05, 0.1) is 4.90 Å². The van der Waals surface area contributed by atoms with Crippen LogP contribution in [-0.4, -0.2) is 32.7 Å². The Hall–Kier alpha value is -0.520. The number of rotatable bonds is 2. The molecular formula is C13H19NO2S2. The standard InChI is InChI=1S/C13H19NO2S2/c1-10-7-14-13(9-17-8-10)11-3-5-12(6-4-11)18(2,15)16/h3-6,10,13-14H,7-9H2,1-2H3. The fraction of sp³-hybridized carbons (Fsp3) is 0.538. The average Bonchev–Trinajstić information content (AvgIpc) is 2.53. The molecule has 0 aromatic heterocycles. The van der Waals surface area contributed by atoms with Gasteiger partial charge in [0.15, 0.2) is 9.84 Å². The Bertz CT molecular complexity index is 496. The molecule has 100 valence electrons. The maximum absolute atomic E-state index is 11.4. The van der Waals surface area contributed by atoms with E-state index in [1.807, 2.05) is 23.9 Å². The van der Waals surface area contributed by atoms with Crippen molar-refractivity contribution in [2.24, 2.45) is 5.92 Å². The Labute approximate surface area is 113 Å². The normalized spacial score (nSPS) is 25.7. The highest BCUT2D eigenvalue weighted by atomic mass is 32.2. The van der Waals surface area contributed by atoms with E-state index in [-0.39, 0.29) is 0 Å². The molecule has 0 aliphatic carbocycles. The molecule has 2 unspecified atom stereocenters. The van der Waals surface area contributed by atoms with Crippen LogP contribution in [0.15, 0.2) is 29.2 Å². The summed E-state index contributed by atoms with van der Waals surface area (Å²) in [5, 5.41) is 3.54. The Kier molecular flexibility index (Phi) is 4.35. The third-order valence-electron chi connectivity index (χ3n) is 3.11. The summed E-state index contributed by atoms with van der Waals surface area (Å²) in [5.41, 5.74) is 1.17. The zero-order valence-electron chi connectivity index (χ0n) is 10.7. The van der Waals surface area contributed by atoms with Gasteiger partial charge in [-0.3, -0.25) is 0 Å². The molecule has 1 aromatic rings. The first kappa shape index (κ1) is 13.9. The van der Waals surface area contributed by atoms with Gasteiger partial charge in [0.1, 0.15) is 0 Å². The van der Waals surface area contributed by atoms with Crippen molar-refractivity contribution < 1.29 is 8.42 Å². The van der Waals surface area contributed by atoms with Gasteiger partial charge in [-0.2, -0.15) is 11.8 Å². The molecule has 1 aliphatic heterocycles. The Balaban J connectivity index is 2.14. The van der Waals surface area contributed by atoms with Crippen molar-refractivity contribution in [3.63, 3.8) is 0 Å². The minimum absolute atomic E-state index is 0.327. The number of hydrogen-bond donors (Lipinski definition) is 1. The van der Waals surface area contributed by atoms with Gasteiger partial charge in [-0.05, 0) is 35.9 Å². The summed E-state index contributed by atoms with van der Waals surface area (Å²) in [7, 11) is -3.09. The first-order valence-electron chi connectivity index (χ1n) is 6.08. The quantitative estimate of drug-likeness (QED) is 0.904. The van der Waals surface area contributed by atoms with E-state index in [1.54, 1.807) is 12.1 Å². The van der Waals surface area contributed by atoms with Crippen LogP contribution in [0, 0.1) is 5.92 Å². The molecule has 1 aliphatic rings. The van der Waals surface area contributed by atoms with E-state index in [9.17, 15) is 8.42 Å². The molecule has 0 saturated carbocycles. The fourth-order valence-corrected chi connectivity index (χ4v) is 3.84. The Morgan fingerprint density at radius 2 is 1.89 bits per heavy atom. The van der Waals surface area contributed by atoms with Gasteiger partial charge in [0.2, 0.25) is 0 Å². The van der Waals surface area contributed by atoms with Crippen LogP contribution in [-0.2, 0) is 9.84 Å². The summed E-state index contributed by atoms with van der Waals surface area (Å²) in [4.78, 5) is 0.390. The number of thioether (sulfide) groups is 1. The molecule has 2 atom stereocenters. The Morgan fingerprint density at radius 3 is 2.50 bits per heavy atom. The lowest BCUT2D eigenvalue weighted by atomic mass is 10.1. The van der Waals surface area contributed by atoms with E-state index in [1.165, 1.54) is 17.6 Å². The van der Waals surface area contributed by atoms with E-state index in [0.717, 1.165) is 12.3 Å². The van der Waals surface area contributed by atoms with Crippen molar-refractivity contribution in [2.75, 3.05) is 24.3 Å². The minimum Gasteiger partial charge on any atom is -0.309 e. The van der Waals surface area contributed by atoms with Gasteiger partial charge in [0, 0.05) is 18.1 Å². The summed E-state index contributed by atoms with van der Waals surface area (Å²) < 4.78 is 22.8. The van der Waals surface area contributed by atoms with Gasteiger partial charge >= 0.3 is 0 Å². The average molecular weight is 285 g/mol. The van der Waals surface area contributed by atoms with Crippen LogP contribution in [0.5, 0.6) is 0 Å². The Morgan fingerprint density at radius 1 is 1.22 bits per heavy atom. The van der Waals surface area contributed by atoms with E-state index >= 15 is 0 Å². The molecule has 1 saturated heterocycles. The summed E-state index contributed by atoms with van der Waals surface area (Å²) >= 11 is 1.96. The lowest BCUT2D eigenvalue weighted by molar-refractivity contribution is 0.517. The highest BCUT2D eigenvalue weighted by Crippen LogP contribution is 2.24. The van der Waals surface area contributed by atoms with Crippen molar-refractivity contribution in [3.05, 3.63) is 29.8 Å². The molecule has 0 spiro atoms. The summed E-state index contributed by atoms with van der Waals surface area (Å²) in [6.07, 6.45) is 1.24. The number of hydrogen-bond acceptors (Lipinski definition) is 4. The molecular weight excluding hydrogens is 266 g/mol. The first-order chi connectivity index (χ1) is 8.47. The van der Waals surface area contributed by atoms with Gasteiger partial charge < -0.3 is 5.32 Å². The van der Waals surface area contributed by atoms with Gasteiger partial charge in [-0.1, -0.05) is 19.1 Å². The zero-order chi connectivity index (χ0) is 13.2. The third kappa shape index (κ3) is 3.49. The van der Waals surface area contributed by atoms with Crippen LogP contribution < -0.4 is 5.32 Å². The molecule has 5 heteroatoms. The predicted octanol–water partition coefficient (Wildman–Crippen LogP) is 2.10. The van der Waals surface area contributed by atoms with Crippen molar-refractivity contribution in [3.8, 4) is 0 Å². The number of nitrogens with one attached hydrogen (secondary N) is 1. The lowest BCUT2D eigenvalue weighted by Gasteiger charge is -2.16. The molecule has 18 heavy (non-hydrogen) atoms. The van der Waals surface area contributed by atoms with E-state index < -0.39 is 9.84 Å². The van der Waals surface area contributed by atoms with E-state index in [0.29, 0.717) is 16.9 Å². The van der Waals surface area contributed by atoms with E-state index in [2.05, 4.69) is 12.2 Å². The maximum Gasteiger partial charge on any atom is 0.175 e. The van der Waals surface area contributed by atoms with Crippen molar-refractivity contribution in [1.29, 1.82) is 0 Å². The number of sulfone groups is 1. The highest BCUT2D eigenvalue weighted by molar-refractivity contribution is 7.99. The van der Waals surface area contributed by atoms with Crippen LogP contribution in [0.2, 0.25) is 0 Å². The predicted molar refractivity (Wildman–Crippen MR) is 76.8 cm³/mol. The maximum atomic E-state index is 11.4. The van der Waals surface area contributed by atoms with Crippen molar-refractivity contribution in [2.45, 2.75) is 17.9 Å². The molecule has 0 bridgehead atoms. The van der Waals surface area contributed by atoms with Crippen LogP contribution in [0.25, 0.3) is 0 Å². The third-order valence-corrected chi connectivity index (χ3v) is 5.61. The smallest absolute Gasteiger partial charge is 0.175 e. The summed E-state index contributed by atoms with van der Waals surface area (Å²) in [6, 6.07) is 7.57. The minimum atomic E-state index is -3.09. The summed E-state index contributed by atoms with van der Waals surface area (Å²) in [6.45, 7) is 3.26. The van der Waals surface area contributed by atoms with Gasteiger partial charge in [-0.15, -0.1) is 0 Å². The second-order valence-corrected chi connectivity index (χ2v) is 8.04. The van der Waals surface area contributed by atoms with Crippen LogP contribution in [0.3, 0.4) is 0 Å². The monoisotopic (exact) mass is 285 g/mol. The fourth-order valence-electron chi connectivity index (χ4n) is 2.01. The second kappa shape index (κ2) is 5.63. The number of benzene rings is 1. The molecule has 0 amide bonds. The van der Waals surface area contributed by atoms with Crippen molar-refractivity contribution in [1.82, 2.24) is 5.32 Å². The van der Waals surface area contributed by atoms with Gasteiger partial charge in [-0.25, -0.2) is 8.42 Å². The molecule has 2 rings (SSSR count). The van der Waals surface area contributed by atoms with Crippen LogP contribution in [0.1, 0.15) is 18.5 Å².